The maximum absolute atomic E-state index is 10.3. The van der Waals surface area contributed by atoms with Gasteiger partial charge in [-0.05, 0) is 12.8 Å². The monoisotopic (exact) mass is 224 g/mol. The van der Waals surface area contributed by atoms with Crippen LogP contribution in [0.3, 0.4) is 0 Å². The lowest BCUT2D eigenvalue weighted by Gasteiger charge is -2.14. The number of hydrogen-bond donors (Lipinski definition) is 4. The lowest BCUT2D eigenvalue weighted by molar-refractivity contribution is -0.139. The van der Waals surface area contributed by atoms with Crippen molar-refractivity contribution in [1.29, 1.82) is 0 Å². The topological polar surface area (TPSA) is 127 Å². The van der Waals surface area contributed by atoms with Gasteiger partial charge in [0.2, 0.25) is 0 Å². The predicted molar refractivity (Wildman–Crippen MR) is 50.1 cm³/mol. The van der Waals surface area contributed by atoms with Crippen molar-refractivity contribution in [2.75, 3.05) is 0 Å². The molecule has 7 heteroatoms. The number of hydrogen-bond acceptors (Lipinski definition) is 4. The van der Waals surface area contributed by atoms with Crippen LogP contribution in [0.25, 0.3) is 0 Å². The van der Waals surface area contributed by atoms with Crippen molar-refractivity contribution in [2.24, 2.45) is 11.5 Å². The van der Waals surface area contributed by atoms with Gasteiger partial charge >= 0.3 is 11.9 Å². The Morgan fingerprint density at radius 1 is 1.07 bits per heavy atom. The number of carboxylic acids is 2. The van der Waals surface area contributed by atoms with Crippen LogP contribution in [0.1, 0.15) is 12.8 Å². The van der Waals surface area contributed by atoms with Crippen LogP contribution in [0.4, 0.5) is 0 Å². The minimum atomic E-state index is -1.17. The molecule has 0 fully saturated rings. The van der Waals surface area contributed by atoms with E-state index < -0.39 is 29.4 Å². The van der Waals surface area contributed by atoms with E-state index >= 15 is 0 Å². The standard InChI is InChI=1S/C7H13ClN2O4/c8-3(1-4(9)6(11)12)2-5(10)7(13)14/h3-5H,1-2,9-10H2,(H,11,12)(H,13,14). The van der Waals surface area contributed by atoms with Gasteiger partial charge in [-0.15, -0.1) is 11.6 Å². The number of aliphatic carboxylic acids is 2. The number of carbonyl (C=O) groups is 2. The van der Waals surface area contributed by atoms with Crippen molar-refractivity contribution in [2.45, 2.75) is 30.3 Å². The van der Waals surface area contributed by atoms with Crippen molar-refractivity contribution in [3.05, 3.63) is 0 Å². The predicted octanol–water partition coefficient (Wildman–Crippen LogP) is -0.802. The SMILES string of the molecule is NC(CC(Cl)CC(N)C(=O)O)C(=O)O. The summed E-state index contributed by atoms with van der Waals surface area (Å²) >= 11 is 5.67. The maximum Gasteiger partial charge on any atom is 0.320 e. The fraction of sp³-hybridized carbons (Fsp3) is 0.714. The van der Waals surface area contributed by atoms with Gasteiger partial charge in [0.25, 0.3) is 0 Å². The Bertz CT molecular complexity index is 202. The second-order valence-electron chi connectivity index (χ2n) is 2.96. The van der Waals surface area contributed by atoms with Crippen molar-refractivity contribution >= 4 is 23.5 Å². The fourth-order valence-electron chi connectivity index (χ4n) is 0.849. The Morgan fingerprint density at radius 3 is 1.57 bits per heavy atom. The normalized spacial score (nSPS) is 17.1. The van der Waals surface area contributed by atoms with E-state index in [4.69, 9.17) is 33.3 Å². The Kier molecular flexibility index (Phi) is 5.44. The molecule has 0 saturated carbocycles. The van der Waals surface area contributed by atoms with Crippen LogP contribution in [0.15, 0.2) is 0 Å². The van der Waals surface area contributed by atoms with Gasteiger partial charge in [-0.1, -0.05) is 0 Å². The summed E-state index contributed by atoms with van der Waals surface area (Å²) < 4.78 is 0. The Hall–Kier alpha value is -0.850. The summed E-state index contributed by atoms with van der Waals surface area (Å²) in [6, 6.07) is -2.17. The molecule has 0 spiro atoms. The van der Waals surface area contributed by atoms with Gasteiger partial charge in [0, 0.05) is 5.38 Å². The largest absolute Gasteiger partial charge is 0.480 e. The molecule has 0 aliphatic heterocycles. The maximum atomic E-state index is 10.3. The molecule has 0 aliphatic carbocycles. The van der Waals surface area contributed by atoms with Crippen molar-refractivity contribution in [1.82, 2.24) is 0 Å². The van der Waals surface area contributed by atoms with E-state index in [9.17, 15) is 9.59 Å². The van der Waals surface area contributed by atoms with Crippen molar-refractivity contribution < 1.29 is 19.8 Å². The number of rotatable bonds is 6. The van der Waals surface area contributed by atoms with E-state index in [0.717, 1.165) is 0 Å². The van der Waals surface area contributed by atoms with Gasteiger partial charge in [-0.3, -0.25) is 9.59 Å². The van der Waals surface area contributed by atoms with E-state index in [1.807, 2.05) is 0 Å². The molecule has 2 unspecified atom stereocenters. The van der Waals surface area contributed by atoms with Gasteiger partial charge in [-0.2, -0.15) is 0 Å². The summed E-state index contributed by atoms with van der Waals surface area (Å²) in [6.07, 6.45) is -0.00423. The Balaban J connectivity index is 3.92. The average Bonchev–Trinajstić information content (AvgIpc) is 2.03. The van der Waals surface area contributed by atoms with Crippen LogP contribution in [0.5, 0.6) is 0 Å². The third-order valence-corrected chi connectivity index (χ3v) is 2.01. The molecule has 0 bridgehead atoms. The first-order chi connectivity index (χ1) is 6.34. The summed E-state index contributed by atoms with van der Waals surface area (Å²) in [6.45, 7) is 0. The third-order valence-electron chi connectivity index (χ3n) is 1.65. The number of carboxylic acid groups (broad SMARTS) is 2. The van der Waals surface area contributed by atoms with Gasteiger partial charge < -0.3 is 21.7 Å². The number of nitrogens with two attached hydrogens (primary N) is 2. The number of alkyl halides is 1. The first-order valence-electron chi connectivity index (χ1n) is 3.95. The molecule has 0 aliphatic rings. The minimum Gasteiger partial charge on any atom is -0.480 e. The highest BCUT2D eigenvalue weighted by atomic mass is 35.5. The third kappa shape index (κ3) is 5.00. The molecule has 0 heterocycles. The molecule has 0 amide bonds. The van der Waals surface area contributed by atoms with Crippen LogP contribution in [0.2, 0.25) is 0 Å². The van der Waals surface area contributed by atoms with E-state index in [1.165, 1.54) is 0 Å². The lowest BCUT2D eigenvalue weighted by atomic mass is 10.1. The molecule has 2 atom stereocenters. The van der Waals surface area contributed by atoms with Crippen molar-refractivity contribution in [3.63, 3.8) is 0 Å². The van der Waals surface area contributed by atoms with Gasteiger partial charge in [0.15, 0.2) is 0 Å². The smallest absolute Gasteiger partial charge is 0.320 e. The van der Waals surface area contributed by atoms with Crippen molar-refractivity contribution in [3.8, 4) is 0 Å². The highest BCUT2D eigenvalue weighted by Crippen LogP contribution is 2.11. The molecule has 0 aromatic rings. The van der Waals surface area contributed by atoms with Gasteiger partial charge in [-0.25, -0.2) is 0 Å². The van der Waals surface area contributed by atoms with Crippen LogP contribution in [0, 0.1) is 0 Å². The highest BCUT2D eigenvalue weighted by molar-refractivity contribution is 6.20. The van der Waals surface area contributed by atoms with Crippen LogP contribution in [-0.4, -0.2) is 39.6 Å². The fourth-order valence-corrected chi connectivity index (χ4v) is 1.23. The molecule has 0 saturated heterocycles. The molecule has 0 aromatic carbocycles. The molecular weight excluding hydrogens is 212 g/mol. The zero-order valence-electron chi connectivity index (χ0n) is 7.39. The molecule has 0 rings (SSSR count). The first kappa shape index (κ1) is 13.2. The zero-order chi connectivity index (χ0) is 11.3. The molecule has 6 nitrogen and oxygen atoms in total. The lowest BCUT2D eigenvalue weighted by Crippen LogP contribution is -2.37. The number of halogens is 1. The second kappa shape index (κ2) is 5.79. The molecule has 0 radical (unpaired) electrons. The average molecular weight is 225 g/mol. The summed E-state index contributed by atoms with van der Waals surface area (Å²) in [7, 11) is 0. The summed E-state index contributed by atoms with van der Waals surface area (Å²) in [4.78, 5) is 20.6. The van der Waals surface area contributed by atoms with E-state index in [0.29, 0.717) is 0 Å². The quantitative estimate of drug-likeness (QED) is 0.438. The molecule has 82 valence electrons. The summed E-state index contributed by atoms with van der Waals surface area (Å²) in [5.41, 5.74) is 10.4. The van der Waals surface area contributed by atoms with Crippen LogP contribution < -0.4 is 11.5 Å². The molecular formula is C7H13ClN2O4. The molecule has 0 aromatic heterocycles. The van der Waals surface area contributed by atoms with E-state index in [-0.39, 0.29) is 12.8 Å². The minimum absolute atomic E-state index is 0.00211. The van der Waals surface area contributed by atoms with E-state index in [2.05, 4.69) is 0 Å². The first-order valence-corrected chi connectivity index (χ1v) is 4.39. The summed E-state index contributed by atoms with van der Waals surface area (Å²) in [5, 5.41) is 16.2. The van der Waals surface area contributed by atoms with Gasteiger partial charge in [0.1, 0.15) is 12.1 Å². The highest BCUT2D eigenvalue weighted by Gasteiger charge is 2.21. The van der Waals surface area contributed by atoms with E-state index in [1.54, 1.807) is 0 Å². The Morgan fingerprint density at radius 2 is 1.36 bits per heavy atom. The summed E-state index contributed by atoms with van der Waals surface area (Å²) in [5.74, 6) is -2.33. The Labute approximate surface area is 85.8 Å². The zero-order valence-corrected chi connectivity index (χ0v) is 8.15. The molecule has 6 N–H and O–H groups in total. The second-order valence-corrected chi connectivity index (χ2v) is 3.58. The molecule has 14 heavy (non-hydrogen) atoms. The van der Waals surface area contributed by atoms with Gasteiger partial charge in [0.05, 0.1) is 0 Å². The van der Waals surface area contributed by atoms with Crippen LogP contribution in [-0.2, 0) is 9.59 Å². The van der Waals surface area contributed by atoms with Crippen LogP contribution >= 0.6 is 11.6 Å².